The van der Waals surface area contributed by atoms with Crippen molar-refractivity contribution < 1.29 is 9.53 Å². The summed E-state index contributed by atoms with van der Waals surface area (Å²) in [4.78, 5) is 11.4. The van der Waals surface area contributed by atoms with E-state index < -0.39 is 6.10 Å². The molecular formula is C10H23ClN2O2. The number of methoxy groups -OCH3 is 1. The van der Waals surface area contributed by atoms with Crippen molar-refractivity contribution in [3.8, 4) is 0 Å². The fourth-order valence-corrected chi connectivity index (χ4v) is 1.13. The van der Waals surface area contributed by atoms with Gasteiger partial charge in [0.05, 0.1) is 0 Å². The zero-order valence-corrected chi connectivity index (χ0v) is 10.6. The summed E-state index contributed by atoms with van der Waals surface area (Å²) >= 11 is 0. The number of amides is 1. The molecule has 0 rings (SSSR count). The van der Waals surface area contributed by atoms with Crippen molar-refractivity contribution >= 4 is 18.3 Å². The van der Waals surface area contributed by atoms with Gasteiger partial charge < -0.3 is 15.8 Å². The smallest absolute Gasteiger partial charge is 0.249 e. The third-order valence-corrected chi connectivity index (χ3v) is 2.26. The van der Waals surface area contributed by atoms with Gasteiger partial charge in [0.15, 0.2) is 0 Å². The van der Waals surface area contributed by atoms with Crippen LogP contribution in [0.1, 0.15) is 33.1 Å². The number of hydrogen-bond donors (Lipinski definition) is 2. The molecule has 0 aromatic rings. The molecule has 0 aromatic heterocycles. The molecule has 15 heavy (non-hydrogen) atoms. The number of hydrogen-bond acceptors (Lipinski definition) is 3. The first-order valence-corrected chi connectivity index (χ1v) is 5.18. The lowest BCUT2D eigenvalue weighted by molar-refractivity contribution is -0.130. The van der Waals surface area contributed by atoms with Gasteiger partial charge in [0.25, 0.3) is 0 Å². The monoisotopic (exact) mass is 238 g/mol. The lowest BCUT2D eigenvalue weighted by Crippen LogP contribution is -2.44. The zero-order chi connectivity index (χ0) is 11.0. The molecule has 5 heteroatoms. The van der Waals surface area contributed by atoms with Crippen molar-refractivity contribution in [3.63, 3.8) is 0 Å². The maximum atomic E-state index is 11.4. The molecule has 3 N–H and O–H groups in total. The van der Waals surface area contributed by atoms with E-state index in [1.165, 1.54) is 7.11 Å². The Morgan fingerprint density at radius 1 is 1.53 bits per heavy atom. The average molecular weight is 239 g/mol. The molecule has 0 bridgehead atoms. The first kappa shape index (κ1) is 17.1. The Morgan fingerprint density at radius 3 is 2.53 bits per heavy atom. The van der Waals surface area contributed by atoms with Crippen molar-refractivity contribution in [2.24, 2.45) is 5.73 Å². The van der Waals surface area contributed by atoms with E-state index >= 15 is 0 Å². The number of rotatable bonds is 7. The summed E-state index contributed by atoms with van der Waals surface area (Å²) in [6, 6.07) is 0.0834. The Hall–Kier alpha value is -0.320. The van der Waals surface area contributed by atoms with Gasteiger partial charge >= 0.3 is 0 Å². The fourth-order valence-electron chi connectivity index (χ4n) is 1.13. The minimum absolute atomic E-state index is 0. The van der Waals surface area contributed by atoms with Gasteiger partial charge in [0, 0.05) is 19.7 Å². The Labute approximate surface area is 98.3 Å². The molecule has 4 nitrogen and oxygen atoms in total. The van der Waals surface area contributed by atoms with E-state index in [1.807, 2.05) is 0 Å². The molecule has 92 valence electrons. The van der Waals surface area contributed by atoms with Crippen molar-refractivity contribution in [2.45, 2.75) is 45.3 Å². The predicted molar refractivity (Wildman–Crippen MR) is 64.2 cm³/mol. The minimum atomic E-state index is -0.398. The molecule has 1 amide bonds. The highest BCUT2D eigenvalue weighted by Gasteiger charge is 2.15. The molecule has 0 aromatic carbocycles. The van der Waals surface area contributed by atoms with Crippen LogP contribution in [0.3, 0.4) is 0 Å². The van der Waals surface area contributed by atoms with Crippen LogP contribution in [0.4, 0.5) is 0 Å². The lowest BCUT2D eigenvalue weighted by Gasteiger charge is -2.18. The van der Waals surface area contributed by atoms with Crippen LogP contribution in [-0.4, -0.2) is 31.7 Å². The molecule has 0 heterocycles. The van der Waals surface area contributed by atoms with E-state index in [0.717, 1.165) is 19.3 Å². The number of nitrogens with two attached hydrogens (primary N) is 1. The average Bonchev–Trinajstić information content (AvgIpc) is 2.22. The maximum absolute atomic E-state index is 11.4. The van der Waals surface area contributed by atoms with Gasteiger partial charge in [0.1, 0.15) is 6.10 Å². The van der Waals surface area contributed by atoms with Gasteiger partial charge in [-0.1, -0.05) is 19.8 Å². The SMILES string of the molecule is CCCCC(CN)NC(=O)C(C)OC.Cl. The van der Waals surface area contributed by atoms with Gasteiger partial charge in [0.2, 0.25) is 5.91 Å². The molecule has 0 aliphatic rings. The number of nitrogens with one attached hydrogen (secondary N) is 1. The number of carbonyl (C=O) groups excluding carboxylic acids is 1. The largest absolute Gasteiger partial charge is 0.372 e. The summed E-state index contributed by atoms with van der Waals surface area (Å²) in [5.74, 6) is -0.0842. The Bertz CT molecular complexity index is 168. The summed E-state index contributed by atoms with van der Waals surface area (Å²) in [6.45, 7) is 4.33. The second-order valence-corrected chi connectivity index (χ2v) is 3.46. The fraction of sp³-hybridized carbons (Fsp3) is 0.900. The molecule has 0 saturated carbocycles. The van der Waals surface area contributed by atoms with Crippen molar-refractivity contribution in [3.05, 3.63) is 0 Å². The minimum Gasteiger partial charge on any atom is -0.372 e. The summed E-state index contributed by atoms with van der Waals surface area (Å²) in [5, 5.41) is 2.86. The van der Waals surface area contributed by atoms with E-state index in [1.54, 1.807) is 6.92 Å². The Morgan fingerprint density at radius 2 is 2.13 bits per heavy atom. The first-order valence-electron chi connectivity index (χ1n) is 5.18. The summed E-state index contributed by atoms with van der Waals surface area (Å²) in [5.41, 5.74) is 5.55. The van der Waals surface area contributed by atoms with Gasteiger partial charge in [-0.05, 0) is 13.3 Å². The van der Waals surface area contributed by atoms with Crippen molar-refractivity contribution in [1.29, 1.82) is 0 Å². The number of carbonyl (C=O) groups is 1. The molecule has 0 saturated heterocycles. The van der Waals surface area contributed by atoms with Gasteiger partial charge in [-0.3, -0.25) is 4.79 Å². The highest BCUT2D eigenvalue weighted by molar-refractivity contribution is 5.85. The number of ether oxygens (including phenoxy) is 1. The lowest BCUT2D eigenvalue weighted by atomic mass is 10.1. The van der Waals surface area contributed by atoms with Crippen LogP contribution in [0.2, 0.25) is 0 Å². The second kappa shape index (κ2) is 10.2. The molecular weight excluding hydrogens is 216 g/mol. The molecule has 2 unspecified atom stereocenters. The van der Waals surface area contributed by atoms with Crippen molar-refractivity contribution in [2.75, 3.05) is 13.7 Å². The van der Waals surface area contributed by atoms with E-state index in [2.05, 4.69) is 12.2 Å². The molecule has 0 fully saturated rings. The number of halogens is 1. The van der Waals surface area contributed by atoms with Crippen LogP contribution in [-0.2, 0) is 9.53 Å². The van der Waals surface area contributed by atoms with Crippen LogP contribution in [0.5, 0.6) is 0 Å². The van der Waals surface area contributed by atoms with Gasteiger partial charge in [-0.2, -0.15) is 0 Å². The molecule has 0 radical (unpaired) electrons. The molecule has 0 spiro atoms. The van der Waals surface area contributed by atoms with Crippen LogP contribution in [0.15, 0.2) is 0 Å². The highest BCUT2D eigenvalue weighted by Crippen LogP contribution is 2.00. The van der Waals surface area contributed by atoms with E-state index in [-0.39, 0.29) is 24.4 Å². The predicted octanol–water partition coefficient (Wildman–Crippen LogP) is 1.08. The summed E-state index contributed by atoms with van der Waals surface area (Å²) in [7, 11) is 1.52. The highest BCUT2D eigenvalue weighted by atomic mass is 35.5. The van der Waals surface area contributed by atoms with Gasteiger partial charge in [-0.15, -0.1) is 12.4 Å². The van der Waals surface area contributed by atoms with Gasteiger partial charge in [-0.25, -0.2) is 0 Å². The quantitative estimate of drug-likeness (QED) is 0.698. The van der Waals surface area contributed by atoms with Crippen LogP contribution < -0.4 is 11.1 Å². The first-order chi connectivity index (χ1) is 6.65. The van der Waals surface area contributed by atoms with E-state index in [0.29, 0.717) is 6.54 Å². The molecule has 0 aliphatic carbocycles. The Balaban J connectivity index is 0. The van der Waals surface area contributed by atoms with E-state index in [9.17, 15) is 4.79 Å². The molecule has 2 atom stereocenters. The third kappa shape index (κ3) is 7.59. The van der Waals surface area contributed by atoms with Crippen molar-refractivity contribution in [1.82, 2.24) is 5.32 Å². The standard InChI is InChI=1S/C10H22N2O2.ClH/c1-4-5-6-9(7-11)12-10(13)8(2)14-3;/h8-9H,4-7,11H2,1-3H3,(H,12,13);1H. The summed E-state index contributed by atoms with van der Waals surface area (Å²) in [6.07, 6.45) is 2.75. The Kier molecular flexibility index (Phi) is 11.6. The molecule has 0 aliphatic heterocycles. The summed E-state index contributed by atoms with van der Waals surface area (Å²) < 4.78 is 4.91. The zero-order valence-electron chi connectivity index (χ0n) is 9.79. The maximum Gasteiger partial charge on any atom is 0.249 e. The van der Waals surface area contributed by atoms with Crippen LogP contribution >= 0.6 is 12.4 Å². The number of unbranched alkanes of at least 4 members (excludes halogenated alkanes) is 1. The van der Waals surface area contributed by atoms with Crippen LogP contribution in [0, 0.1) is 0 Å². The van der Waals surface area contributed by atoms with E-state index in [4.69, 9.17) is 10.5 Å². The normalized spacial score (nSPS) is 13.9. The topological polar surface area (TPSA) is 64.3 Å². The third-order valence-electron chi connectivity index (χ3n) is 2.26. The van der Waals surface area contributed by atoms with Crippen LogP contribution in [0.25, 0.3) is 0 Å². The second-order valence-electron chi connectivity index (χ2n) is 3.46.